The van der Waals surface area contributed by atoms with E-state index in [1.807, 2.05) is 82.3 Å². The number of hydrogen-bond acceptors (Lipinski definition) is 4. The molecule has 0 saturated heterocycles. The highest BCUT2D eigenvalue weighted by atomic mass is 16.5. The van der Waals surface area contributed by atoms with Crippen molar-refractivity contribution >= 4 is 11.9 Å². The average molecular weight is 757 g/mol. The summed E-state index contributed by atoms with van der Waals surface area (Å²) in [6, 6.07) is 56.5. The first-order chi connectivity index (χ1) is 27.8. The minimum Gasteiger partial charge on any atom is -0.456 e. The van der Waals surface area contributed by atoms with Gasteiger partial charge in [0.15, 0.2) is 0 Å². The lowest BCUT2D eigenvalue weighted by Gasteiger charge is -2.30. The lowest BCUT2D eigenvalue weighted by Crippen LogP contribution is -2.24. The van der Waals surface area contributed by atoms with Gasteiger partial charge in [-0.25, -0.2) is 0 Å². The minimum atomic E-state index is -0.502. The molecular weight excluding hydrogens is 701 g/mol. The van der Waals surface area contributed by atoms with Crippen molar-refractivity contribution in [2.24, 2.45) is 11.8 Å². The van der Waals surface area contributed by atoms with E-state index in [-0.39, 0.29) is 35.6 Å². The molecule has 4 atom stereocenters. The van der Waals surface area contributed by atoms with E-state index in [4.69, 9.17) is 9.47 Å². The van der Waals surface area contributed by atoms with Gasteiger partial charge in [-0.3, -0.25) is 9.59 Å². The average Bonchev–Trinajstić information content (AvgIpc) is 3.26. The lowest BCUT2D eigenvalue weighted by molar-refractivity contribution is -0.156. The number of carbonyl (C=O) groups excluding carboxylic acids is 2. The standard InChI is InChI=1S/C53H56O4/c1-6-38(7-2)52(54)56-50(46-23-17-12-18-24-46)48(42-19-13-10-14-20-42)44-33-29-40(30-34-44)41-31-35-45(36-32-41)49(43-21-15-11-16-22-43)51(47-27-25-37(5)26-28-47)57-53(55)39(8-3)9-4/h10-36,38-39,48-51H,6-9H2,1-5H3. The van der Waals surface area contributed by atoms with Crippen LogP contribution in [0.4, 0.5) is 0 Å². The second-order valence-electron chi connectivity index (χ2n) is 15.1. The van der Waals surface area contributed by atoms with E-state index in [0.29, 0.717) is 0 Å². The van der Waals surface area contributed by atoms with Crippen LogP contribution in [-0.4, -0.2) is 11.9 Å². The normalized spacial score (nSPS) is 13.5. The summed E-state index contributed by atoms with van der Waals surface area (Å²) in [5.74, 6) is -1.04. The molecule has 0 spiro atoms. The van der Waals surface area contributed by atoms with Gasteiger partial charge in [0.05, 0.1) is 23.7 Å². The maximum Gasteiger partial charge on any atom is 0.309 e. The van der Waals surface area contributed by atoms with Crippen LogP contribution < -0.4 is 0 Å². The minimum absolute atomic E-state index is 0.150. The monoisotopic (exact) mass is 756 g/mol. The van der Waals surface area contributed by atoms with Gasteiger partial charge in [-0.15, -0.1) is 0 Å². The molecule has 6 rings (SSSR count). The zero-order valence-corrected chi connectivity index (χ0v) is 34.0. The molecule has 0 saturated carbocycles. The third-order valence-corrected chi connectivity index (χ3v) is 11.5. The second kappa shape index (κ2) is 19.9. The van der Waals surface area contributed by atoms with Gasteiger partial charge in [0.25, 0.3) is 0 Å². The SMILES string of the molecule is CCC(CC)C(=O)OC(c1ccccc1)C(c1ccccc1)c1ccc(-c2ccc(C(c3ccccc3)C(OC(=O)C(CC)CC)c3ccc(C)cc3)cc2)cc1. The molecular formula is C53H56O4. The van der Waals surface area contributed by atoms with Crippen LogP contribution >= 0.6 is 0 Å². The van der Waals surface area contributed by atoms with Crippen molar-refractivity contribution in [1.82, 2.24) is 0 Å². The molecule has 4 heteroatoms. The van der Waals surface area contributed by atoms with Crippen LogP contribution in [0.3, 0.4) is 0 Å². The van der Waals surface area contributed by atoms with E-state index < -0.39 is 12.2 Å². The molecule has 4 nitrogen and oxygen atoms in total. The van der Waals surface area contributed by atoms with Crippen molar-refractivity contribution in [3.8, 4) is 11.1 Å². The lowest BCUT2D eigenvalue weighted by atomic mass is 9.82. The number of carbonyl (C=O) groups is 2. The van der Waals surface area contributed by atoms with Crippen molar-refractivity contribution in [2.45, 2.75) is 84.3 Å². The van der Waals surface area contributed by atoms with E-state index in [1.54, 1.807) is 0 Å². The first-order valence-electron chi connectivity index (χ1n) is 20.7. The molecule has 0 radical (unpaired) electrons. The van der Waals surface area contributed by atoms with Crippen molar-refractivity contribution in [2.75, 3.05) is 0 Å². The molecule has 57 heavy (non-hydrogen) atoms. The van der Waals surface area contributed by atoms with Crippen LogP contribution in [0.5, 0.6) is 0 Å². The molecule has 4 unspecified atom stereocenters. The predicted molar refractivity (Wildman–Crippen MR) is 232 cm³/mol. The van der Waals surface area contributed by atoms with E-state index >= 15 is 0 Å². The number of rotatable bonds is 17. The summed E-state index contributed by atoms with van der Waals surface area (Å²) in [6.45, 7) is 10.2. The first-order valence-corrected chi connectivity index (χ1v) is 20.7. The summed E-state index contributed by atoms with van der Waals surface area (Å²) in [5, 5.41) is 0. The molecule has 6 aromatic carbocycles. The highest BCUT2D eigenvalue weighted by Crippen LogP contribution is 2.43. The first kappa shape index (κ1) is 40.9. The van der Waals surface area contributed by atoms with Gasteiger partial charge in [0.2, 0.25) is 0 Å². The molecule has 0 aliphatic carbocycles. The molecule has 0 heterocycles. The molecule has 0 amide bonds. The summed E-state index contributed by atoms with van der Waals surface area (Å²) in [7, 11) is 0. The Kier molecular flexibility index (Phi) is 14.3. The summed E-state index contributed by atoms with van der Waals surface area (Å²) >= 11 is 0. The Morgan fingerprint density at radius 1 is 0.386 bits per heavy atom. The molecule has 6 aromatic rings. The maximum absolute atomic E-state index is 13.6. The Labute approximate surface area is 339 Å². The van der Waals surface area contributed by atoms with Crippen LogP contribution in [0.1, 0.15) is 116 Å². The quantitative estimate of drug-likeness (QED) is 0.0870. The molecule has 292 valence electrons. The van der Waals surface area contributed by atoms with Gasteiger partial charge in [-0.2, -0.15) is 0 Å². The van der Waals surface area contributed by atoms with Crippen LogP contribution in [0, 0.1) is 18.8 Å². The van der Waals surface area contributed by atoms with Gasteiger partial charge < -0.3 is 9.47 Å². The third-order valence-electron chi connectivity index (χ3n) is 11.5. The Hall–Kier alpha value is -5.74. The van der Waals surface area contributed by atoms with Crippen LogP contribution in [0.15, 0.2) is 164 Å². The summed E-state index contributed by atoms with van der Waals surface area (Å²) < 4.78 is 13.0. The van der Waals surface area contributed by atoms with E-state index in [9.17, 15) is 9.59 Å². The zero-order chi connectivity index (χ0) is 40.1. The van der Waals surface area contributed by atoms with Crippen molar-refractivity contribution in [1.29, 1.82) is 0 Å². The number of hydrogen-bond donors (Lipinski definition) is 0. The van der Waals surface area contributed by atoms with Gasteiger partial charge in [0.1, 0.15) is 12.2 Å². The maximum atomic E-state index is 13.6. The largest absolute Gasteiger partial charge is 0.456 e. The fraction of sp³-hybridized carbons (Fsp3) is 0.283. The second-order valence-corrected chi connectivity index (χ2v) is 15.1. The van der Waals surface area contributed by atoms with Crippen molar-refractivity contribution in [3.05, 3.63) is 203 Å². The Morgan fingerprint density at radius 2 is 0.667 bits per heavy atom. The number of ether oxygens (including phenoxy) is 2. The topological polar surface area (TPSA) is 52.6 Å². The highest BCUT2D eigenvalue weighted by molar-refractivity contribution is 5.73. The van der Waals surface area contributed by atoms with Gasteiger partial charge in [-0.1, -0.05) is 197 Å². The fourth-order valence-corrected chi connectivity index (χ4v) is 7.91. The molecule has 0 bridgehead atoms. The number of aryl methyl sites for hydroxylation is 1. The molecule has 0 fully saturated rings. The Balaban J connectivity index is 1.36. The fourth-order valence-electron chi connectivity index (χ4n) is 7.91. The summed E-state index contributed by atoms with van der Waals surface area (Å²) in [6.07, 6.45) is 1.95. The summed E-state index contributed by atoms with van der Waals surface area (Å²) in [4.78, 5) is 27.2. The number of benzene rings is 6. The summed E-state index contributed by atoms with van der Waals surface area (Å²) in [5.41, 5.74) is 9.55. The van der Waals surface area contributed by atoms with Gasteiger partial charge in [-0.05, 0) is 77.1 Å². The predicted octanol–water partition coefficient (Wildman–Crippen LogP) is 13.4. The molecule has 0 aromatic heterocycles. The van der Waals surface area contributed by atoms with Gasteiger partial charge >= 0.3 is 11.9 Å². The van der Waals surface area contributed by atoms with Crippen molar-refractivity contribution < 1.29 is 19.1 Å². The van der Waals surface area contributed by atoms with Crippen LogP contribution in [-0.2, 0) is 19.1 Å². The number of esters is 2. The highest BCUT2D eigenvalue weighted by Gasteiger charge is 2.33. The van der Waals surface area contributed by atoms with E-state index in [0.717, 1.165) is 75.8 Å². The Morgan fingerprint density at radius 3 is 1.00 bits per heavy atom. The van der Waals surface area contributed by atoms with Crippen molar-refractivity contribution in [3.63, 3.8) is 0 Å². The van der Waals surface area contributed by atoms with Crippen LogP contribution in [0.2, 0.25) is 0 Å². The van der Waals surface area contributed by atoms with Gasteiger partial charge in [0, 0.05) is 0 Å². The van der Waals surface area contributed by atoms with E-state index in [2.05, 4.69) is 116 Å². The molecule has 0 aliphatic rings. The molecule has 0 N–H and O–H groups in total. The smallest absolute Gasteiger partial charge is 0.309 e. The van der Waals surface area contributed by atoms with E-state index in [1.165, 1.54) is 0 Å². The third kappa shape index (κ3) is 9.99. The zero-order valence-electron chi connectivity index (χ0n) is 34.0. The van der Waals surface area contributed by atoms with Crippen LogP contribution in [0.25, 0.3) is 11.1 Å². The molecule has 0 aliphatic heterocycles. The Bertz CT molecular complexity index is 2120.